The van der Waals surface area contributed by atoms with E-state index in [-0.39, 0.29) is 45.1 Å². The first-order valence-electron chi connectivity index (χ1n) is 10.0. The van der Waals surface area contributed by atoms with Crippen molar-refractivity contribution < 1.29 is 14.3 Å². The van der Waals surface area contributed by atoms with Crippen LogP contribution in [0, 0.1) is 11.8 Å². The number of nitrogen functional groups attached to an aromatic ring is 1. The number of halogens is 3. The maximum Gasteiger partial charge on any atom is 0.246 e. The number of hydrogen-bond donors (Lipinski definition) is 1. The lowest BCUT2D eigenvalue weighted by atomic mass is 10.2. The van der Waals surface area contributed by atoms with Crippen LogP contribution < -0.4 is 15.2 Å². The monoisotopic (exact) mass is 520 g/mol. The number of rotatable bonds is 4. The van der Waals surface area contributed by atoms with E-state index in [0.717, 1.165) is 0 Å². The Hall–Kier alpha value is -3.19. The molecule has 0 saturated carbocycles. The number of amides is 1. The number of anilines is 1. The van der Waals surface area contributed by atoms with Gasteiger partial charge in [0.05, 0.1) is 47.9 Å². The maximum absolute atomic E-state index is 12.1. The fourth-order valence-corrected chi connectivity index (χ4v) is 4.58. The zero-order valence-corrected chi connectivity index (χ0v) is 20.5. The standard InChI is InChI=1S/C22H19Cl3N6O3/c1-4-15(32)30-8-7-11(10-30)31-19-13(23)9-27-20(26)16(19)14(29-31)6-5-12-17(24)21(33-2)28-22(34-3)18(12)25/h4,9,11H,1,7-8,10H2,2-3H3,(H2,26,27). The van der Waals surface area contributed by atoms with Crippen molar-refractivity contribution in [1.29, 1.82) is 0 Å². The average Bonchev–Trinajstić information content (AvgIpc) is 3.47. The molecule has 176 valence electrons. The molecule has 9 nitrogen and oxygen atoms in total. The molecule has 3 aromatic heterocycles. The summed E-state index contributed by atoms with van der Waals surface area (Å²) in [5.41, 5.74) is 7.35. The summed E-state index contributed by atoms with van der Waals surface area (Å²) in [6.07, 6.45) is 3.43. The van der Waals surface area contributed by atoms with Crippen LogP contribution >= 0.6 is 34.8 Å². The largest absolute Gasteiger partial charge is 0.480 e. The highest BCUT2D eigenvalue weighted by Crippen LogP contribution is 2.37. The number of hydrogen-bond acceptors (Lipinski definition) is 7. The molecule has 34 heavy (non-hydrogen) atoms. The summed E-state index contributed by atoms with van der Waals surface area (Å²) in [6.45, 7) is 4.57. The molecular formula is C22H19Cl3N6O3. The third-order valence-corrected chi connectivity index (χ3v) is 6.39. The number of fused-ring (bicyclic) bond motifs is 1. The molecule has 2 N–H and O–H groups in total. The van der Waals surface area contributed by atoms with E-state index in [1.807, 2.05) is 0 Å². The predicted octanol–water partition coefficient (Wildman–Crippen LogP) is 3.75. The summed E-state index contributed by atoms with van der Waals surface area (Å²) < 4.78 is 12.1. The van der Waals surface area contributed by atoms with Gasteiger partial charge in [-0.15, -0.1) is 0 Å². The third-order valence-electron chi connectivity index (χ3n) is 5.42. The Morgan fingerprint density at radius 1 is 1.24 bits per heavy atom. The van der Waals surface area contributed by atoms with Crippen LogP contribution in [0.2, 0.25) is 15.1 Å². The van der Waals surface area contributed by atoms with Crippen LogP contribution in [0.3, 0.4) is 0 Å². The Balaban J connectivity index is 1.86. The topological polar surface area (TPSA) is 108 Å². The number of carbonyl (C=O) groups is 1. The Morgan fingerprint density at radius 2 is 1.91 bits per heavy atom. The van der Waals surface area contributed by atoms with Gasteiger partial charge in [-0.1, -0.05) is 47.3 Å². The van der Waals surface area contributed by atoms with E-state index < -0.39 is 0 Å². The molecule has 1 amide bonds. The second-order valence-corrected chi connectivity index (χ2v) is 8.49. The Kier molecular flexibility index (Phi) is 6.75. The van der Waals surface area contributed by atoms with E-state index in [1.54, 1.807) is 9.58 Å². The van der Waals surface area contributed by atoms with Crippen LogP contribution in [0.15, 0.2) is 18.9 Å². The molecule has 1 unspecified atom stereocenters. The van der Waals surface area contributed by atoms with Crippen molar-refractivity contribution in [3.05, 3.63) is 45.2 Å². The zero-order chi connectivity index (χ0) is 24.6. The minimum Gasteiger partial charge on any atom is -0.480 e. The first kappa shape index (κ1) is 24.0. The molecule has 0 spiro atoms. The van der Waals surface area contributed by atoms with Gasteiger partial charge in [-0.3, -0.25) is 9.48 Å². The van der Waals surface area contributed by atoms with Gasteiger partial charge in [-0.05, 0) is 18.4 Å². The van der Waals surface area contributed by atoms with Gasteiger partial charge < -0.3 is 20.1 Å². The summed E-state index contributed by atoms with van der Waals surface area (Å²) in [7, 11) is 2.84. The minimum absolute atomic E-state index is 0.116. The van der Waals surface area contributed by atoms with Crippen molar-refractivity contribution >= 4 is 57.4 Å². The summed E-state index contributed by atoms with van der Waals surface area (Å²) in [4.78, 5) is 22.0. The summed E-state index contributed by atoms with van der Waals surface area (Å²) in [6, 6.07) is -0.130. The number of methoxy groups -OCH3 is 2. The van der Waals surface area contributed by atoms with Crippen molar-refractivity contribution in [2.75, 3.05) is 33.0 Å². The van der Waals surface area contributed by atoms with Gasteiger partial charge in [0.15, 0.2) is 0 Å². The van der Waals surface area contributed by atoms with Crippen molar-refractivity contribution in [2.45, 2.75) is 12.5 Å². The van der Waals surface area contributed by atoms with Gasteiger partial charge in [0, 0.05) is 13.1 Å². The van der Waals surface area contributed by atoms with Crippen LogP contribution in [0.1, 0.15) is 23.7 Å². The van der Waals surface area contributed by atoms with E-state index in [9.17, 15) is 4.79 Å². The highest BCUT2D eigenvalue weighted by molar-refractivity contribution is 6.38. The van der Waals surface area contributed by atoms with E-state index in [1.165, 1.54) is 26.5 Å². The lowest BCUT2D eigenvalue weighted by Gasteiger charge is -2.15. The second-order valence-electron chi connectivity index (χ2n) is 7.32. The second kappa shape index (κ2) is 9.58. The van der Waals surface area contributed by atoms with E-state index in [0.29, 0.717) is 41.1 Å². The zero-order valence-electron chi connectivity index (χ0n) is 18.2. The number of carbonyl (C=O) groups excluding carboxylic acids is 1. The molecule has 12 heteroatoms. The normalized spacial score (nSPS) is 15.2. The third kappa shape index (κ3) is 4.09. The first-order valence-corrected chi connectivity index (χ1v) is 11.2. The van der Waals surface area contributed by atoms with Gasteiger partial charge in [0.25, 0.3) is 0 Å². The Labute approximate surface area is 210 Å². The lowest BCUT2D eigenvalue weighted by Crippen LogP contribution is -2.27. The molecule has 0 bridgehead atoms. The number of ether oxygens (including phenoxy) is 2. The van der Waals surface area contributed by atoms with Crippen LogP contribution in [-0.4, -0.2) is 57.9 Å². The van der Waals surface area contributed by atoms with E-state index >= 15 is 0 Å². The van der Waals surface area contributed by atoms with E-state index in [4.69, 9.17) is 50.0 Å². The average molecular weight is 522 g/mol. The molecule has 1 aliphatic heterocycles. The van der Waals surface area contributed by atoms with Gasteiger partial charge >= 0.3 is 0 Å². The Bertz CT molecular complexity index is 1350. The molecule has 1 saturated heterocycles. The van der Waals surface area contributed by atoms with Crippen LogP contribution in [0.25, 0.3) is 10.9 Å². The highest BCUT2D eigenvalue weighted by atomic mass is 35.5. The SMILES string of the molecule is C=CC(=O)N1CCC(n2nc(C#Cc3c(Cl)c(OC)nc(OC)c3Cl)c3c(N)ncc(Cl)c32)C1. The molecule has 3 aromatic rings. The summed E-state index contributed by atoms with van der Waals surface area (Å²) in [5, 5.41) is 5.80. The molecule has 0 aromatic carbocycles. The molecule has 0 radical (unpaired) electrons. The number of likely N-dealkylation sites (tertiary alicyclic amines) is 1. The van der Waals surface area contributed by atoms with Gasteiger partial charge in [-0.2, -0.15) is 10.1 Å². The first-order chi connectivity index (χ1) is 16.3. The predicted molar refractivity (Wildman–Crippen MR) is 131 cm³/mol. The van der Waals surface area contributed by atoms with Gasteiger partial charge in [0.2, 0.25) is 17.7 Å². The summed E-state index contributed by atoms with van der Waals surface area (Å²) >= 11 is 19.3. The molecular weight excluding hydrogens is 503 g/mol. The van der Waals surface area contributed by atoms with Gasteiger partial charge in [-0.25, -0.2) is 4.98 Å². The fraction of sp³-hybridized carbons (Fsp3) is 0.273. The number of nitrogens with zero attached hydrogens (tertiary/aromatic N) is 5. The van der Waals surface area contributed by atoms with Gasteiger partial charge in [0.1, 0.15) is 21.6 Å². The van der Waals surface area contributed by atoms with Crippen molar-refractivity contribution in [1.82, 2.24) is 24.6 Å². The van der Waals surface area contributed by atoms with Crippen molar-refractivity contribution in [3.63, 3.8) is 0 Å². The fourth-order valence-electron chi connectivity index (χ4n) is 3.78. The molecule has 0 aliphatic carbocycles. The molecule has 4 rings (SSSR count). The molecule has 4 heterocycles. The van der Waals surface area contributed by atoms with Crippen molar-refractivity contribution in [2.24, 2.45) is 0 Å². The number of aromatic nitrogens is 4. The van der Waals surface area contributed by atoms with E-state index in [2.05, 4.69) is 33.5 Å². The molecule has 1 fully saturated rings. The van der Waals surface area contributed by atoms with Crippen molar-refractivity contribution in [3.8, 4) is 23.6 Å². The summed E-state index contributed by atoms with van der Waals surface area (Å²) in [5.74, 6) is 6.22. The van der Waals surface area contributed by atoms with Crippen LogP contribution in [-0.2, 0) is 4.79 Å². The van der Waals surface area contributed by atoms with Crippen LogP contribution in [0.4, 0.5) is 5.82 Å². The Morgan fingerprint density at radius 3 is 2.53 bits per heavy atom. The molecule has 1 aliphatic rings. The number of nitrogens with two attached hydrogens (primary N) is 1. The lowest BCUT2D eigenvalue weighted by molar-refractivity contribution is -0.125. The number of pyridine rings is 2. The quantitative estimate of drug-likeness (QED) is 0.411. The maximum atomic E-state index is 12.1. The molecule has 1 atom stereocenters. The van der Waals surface area contributed by atoms with Crippen LogP contribution in [0.5, 0.6) is 11.8 Å². The minimum atomic E-state index is -0.142. The smallest absolute Gasteiger partial charge is 0.246 e. The highest BCUT2D eigenvalue weighted by Gasteiger charge is 2.30.